The van der Waals surface area contributed by atoms with Gasteiger partial charge in [0.1, 0.15) is 5.69 Å². The van der Waals surface area contributed by atoms with Gasteiger partial charge in [0.2, 0.25) is 5.88 Å². The minimum absolute atomic E-state index is 0.0664. The Bertz CT molecular complexity index is 956. The molecule has 31 heavy (non-hydrogen) atoms. The van der Waals surface area contributed by atoms with Crippen molar-refractivity contribution in [2.24, 2.45) is 11.3 Å². The largest absolute Gasteiger partial charge is 0.480 e. The zero-order valence-corrected chi connectivity index (χ0v) is 19.5. The van der Waals surface area contributed by atoms with Gasteiger partial charge in [-0.2, -0.15) is 0 Å². The number of nitrogens with zero attached hydrogens (tertiary/aromatic N) is 2. The molecule has 4 rings (SSSR count). The Balaban J connectivity index is 1.53. The molecule has 1 aromatic carbocycles. The molecule has 1 saturated carbocycles. The highest BCUT2D eigenvalue weighted by atomic mass is 16.5. The maximum absolute atomic E-state index is 12.7. The summed E-state index contributed by atoms with van der Waals surface area (Å²) in [6, 6.07) is 7.17. The van der Waals surface area contributed by atoms with E-state index in [0.717, 1.165) is 12.8 Å². The van der Waals surface area contributed by atoms with Crippen molar-refractivity contribution >= 4 is 5.91 Å². The van der Waals surface area contributed by atoms with Gasteiger partial charge in [-0.1, -0.05) is 52.3 Å². The first kappa shape index (κ1) is 21.8. The van der Waals surface area contributed by atoms with E-state index in [1.54, 1.807) is 0 Å². The van der Waals surface area contributed by atoms with E-state index in [9.17, 15) is 4.79 Å². The molecular weight excluding hydrogens is 386 g/mol. The fourth-order valence-electron chi connectivity index (χ4n) is 6.13. The van der Waals surface area contributed by atoms with Crippen LogP contribution in [0.1, 0.15) is 86.5 Å². The summed E-state index contributed by atoms with van der Waals surface area (Å²) in [4.78, 5) is 21.0. The average molecular weight is 422 g/mol. The zero-order chi connectivity index (χ0) is 22.2. The van der Waals surface area contributed by atoms with E-state index in [1.165, 1.54) is 55.5 Å². The van der Waals surface area contributed by atoms with Crippen molar-refractivity contribution in [3.63, 3.8) is 0 Å². The van der Waals surface area contributed by atoms with Gasteiger partial charge in [-0.25, -0.2) is 9.97 Å². The number of amides is 1. The fourth-order valence-corrected chi connectivity index (χ4v) is 6.13. The molecule has 3 unspecified atom stereocenters. The Labute approximate surface area is 186 Å². The Kier molecular flexibility index (Phi) is 5.80. The molecule has 0 aliphatic heterocycles. The van der Waals surface area contributed by atoms with Gasteiger partial charge in [0.25, 0.3) is 5.91 Å². The van der Waals surface area contributed by atoms with E-state index in [4.69, 9.17) is 4.74 Å². The molecule has 0 radical (unpaired) electrons. The van der Waals surface area contributed by atoms with E-state index in [2.05, 4.69) is 61.2 Å². The number of carbonyl (C=O) groups is 1. The molecule has 1 heterocycles. The normalized spacial score (nSPS) is 27.4. The number of fused-ring (bicyclic) bond motifs is 3. The number of carbonyl (C=O) groups excluding carboxylic acids is 1. The molecule has 1 N–H and O–H groups in total. The number of aromatic nitrogens is 2. The molecule has 1 aromatic heterocycles. The van der Waals surface area contributed by atoms with Crippen LogP contribution in [-0.4, -0.2) is 29.5 Å². The van der Waals surface area contributed by atoms with Crippen LogP contribution in [0, 0.1) is 11.3 Å². The van der Waals surface area contributed by atoms with Crippen molar-refractivity contribution in [3.8, 4) is 5.88 Å². The SMILES string of the molecule is COc1cnc(C(=O)NCC2(C)CCCC3(C)c4ccc(C(C)C)cc4CCC23)cn1. The molecule has 2 aromatic rings. The minimum atomic E-state index is -0.165. The van der Waals surface area contributed by atoms with Crippen LogP contribution >= 0.6 is 0 Å². The second kappa shape index (κ2) is 8.25. The second-order valence-corrected chi connectivity index (χ2v) is 10.2. The first-order chi connectivity index (χ1) is 14.8. The summed E-state index contributed by atoms with van der Waals surface area (Å²) in [5.74, 6) is 1.35. The number of hydrogen-bond donors (Lipinski definition) is 1. The van der Waals surface area contributed by atoms with Crippen molar-refractivity contribution < 1.29 is 9.53 Å². The maximum Gasteiger partial charge on any atom is 0.271 e. The predicted octanol–water partition coefficient (Wildman–Crippen LogP) is 5.05. The van der Waals surface area contributed by atoms with Crippen LogP contribution in [0.3, 0.4) is 0 Å². The molecule has 1 amide bonds. The lowest BCUT2D eigenvalue weighted by Gasteiger charge is -2.55. The first-order valence-electron chi connectivity index (χ1n) is 11.5. The molecule has 1 fully saturated rings. The standard InChI is InChI=1S/C26H35N3O2/c1-17(2)18-7-9-20-19(13-18)8-10-22-25(3,11-6-12-26(20,22)4)16-29-24(30)21-14-28-23(31-5)15-27-21/h7,9,13-15,17,22H,6,8,10-12,16H2,1-5H3,(H,29,30). The number of methoxy groups -OCH3 is 1. The third-order valence-electron chi connectivity index (χ3n) is 7.89. The second-order valence-electron chi connectivity index (χ2n) is 10.2. The van der Waals surface area contributed by atoms with Gasteiger partial charge in [0.05, 0.1) is 19.5 Å². The van der Waals surface area contributed by atoms with E-state index in [1.807, 2.05) is 0 Å². The van der Waals surface area contributed by atoms with Gasteiger partial charge in [0, 0.05) is 6.54 Å². The van der Waals surface area contributed by atoms with Gasteiger partial charge in [0.15, 0.2) is 0 Å². The molecule has 3 atom stereocenters. The van der Waals surface area contributed by atoms with Crippen molar-refractivity contribution in [3.05, 3.63) is 53.0 Å². The van der Waals surface area contributed by atoms with Gasteiger partial charge >= 0.3 is 0 Å². The molecule has 5 heteroatoms. The quantitative estimate of drug-likeness (QED) is 0.734. The minimum Gasteiger partial charge on any atom is -0.480 e. The topological polar surface area (TPSA) is 64.1 Å². The van der Waals surface area contributed by atoms with Crippen LogP contribution < -0.4 is 10.1 Å². The molecule has 0 bridgehead atoms. The summed E-state index contributed by atoms with van der Waals surface area (Å²) >= 11 is 0. The van der Waals surface area contributed by atoms with Crippen LogP contribution in [0.25, 0.3) is 0 Å². The highest BCUT2D eigenvalue weighted by Crippen LogP contribution is 2.57. The van der Waals surface area contributed by atoms with Crippen LogP contribution in [0.2, 0.25) is 0 Å². The third-order valence-corrected chi connectivity index (χ3v) is 7.89. The summed E-state index contributed by atoms with van der Waals surface area (Å²) in [5.41, 5.74) is 5.07. The van der Waals surface area contributed by atoms with Gasteiger partial charge in [-0.15, -0.1) is 0 Å². The van der Waals surface area contributed by atoms with Crippen molar-refractivity contribution in [2.45, 2.75) is 71.1 Å². The summed E-state index contributed by atoms with van der Waals surface area (Å²) in [5, 5.41) is 3.16. The summed E-state index contributed by atoms with van der Waals surface area (Å²) in [6.45, 7) is 10.0. The van der Waals surface area contributed by atoms with E-state index >= 15 is 0 Å². The highest BCUT2D eigenvalue weighted by molar-refractivity contribution is 5.91. The smallest absolute Gasteiger partial charge is 0.271 e. The maximum atomic E-state index is 12.7. The van der Waals surface area contributed by atoms with Crippen molar-refractivity contribution in [2.75, 3.05) is 13.7 Å². The summed E-state index contributed by atoms with van der Waals surface area (Å²) in [7, 11) is 1.54. The Hall–Kier alpha value is -2.43. The molecular formula is C26H35N3O2. The number of hydrogen-bond acceptors (Lipinski definition) is 4. The lowest BCUT2D eigenvalue weighted by atomic mass is 9.49. The summed E-state index contributed by atoms with van der Waals surface area (Å²) < 4.78 is 5.03. The Morgan fingerprint density at radius 2 is 2.03 bits per heavy atom. The summed E-state index contributed by atoms with van der Waals surface area (Å²) in [6.07, 6.45) is 8.82. The molecule has 0 saturated heterocycles. The number of aryl methyl sites for hydroxylation is 1. The number of rotatable bonds is 5. The zero-order valence-electron chi connectivity index (χ0n) is 19.5. The Morgan fingerprint density at radius 3 is 2.71 bits per heavy atom. The van der Waals surface area contributed by atoms with Crippen LogP contribution in [0.4, 0.5) is 0 Å². The van der Waals surface area contributed by atoms with Gasteiger partial charge < -0.3 is 10.1 Å². The molecule has 5 nitrogen and oxygen atoms in total. The molecule has 2 aliphatic carbocycles. The fraction of sp³-hybridized carbons (Fsp3) is 0.577. The van der Waals surface area contributed by atoms with Crippen LogP contribution in [0.5, 0.6) is 5.88 Å². The number of ether oxygens (including phenoxy) is 1. The van der Waals surface area contributed by atoms with E-state index in [-0.39, 0.29) is 16.7 Å². The highest BCUT2D eigenvalue weighted by Gasteiger charge is 2.51. The molecule has 0 spiro atoms. The first-order valence-corrected chi connectivity index (χ1v) is 11.5. The van der Waals surface area contributed by atoms with Crippen LogP contribution in [0.15, 0.2) is 30.6 Å². The molecule has 166 valence electrons. The lowest BCUT2D eigenvalue weighted by molar-refractivity contribution is 0.0254. The Morgan fingerprint density at radius 1 is 1.23 bits per heavy atom. The lowest BCUT2D eigenvalue weighted by Crippen LogP contribution is -2.53. The predicted molar refractivity (Wildman–Crippen MR) is 123 cm³/mol. The van der Waals surface area contributed by atoms with E-state index in [0.29, 0.717) is 30.0 Å². The average Bonchev–Trinajstić information content (AvgIpc) is 2.77. The van der Waals surface area contributed by atoms with Crippen LogP contribution in [-0.2, 0) is 11.8 Å². The van der Waals surface area contributed by atoms with Crippen molar-refractivity contribution in [1.29, 1.82) is 0 Å². The molecule has 2 aliphatic rings. The van der Waals surface area contributed by atoms with Gasteiger partial charge in [-0.3, -0.25) is 4.79 Å². The monoisotopic (exact) mass is 421 g/mol. The van der Waals surface area contributed by atoms with Crippen molar-refractivity contribution in [1.82, 2.24) is 15.3 Å². The number of nitrogens with one attached hydrogen (secondary N) is 1. The van der Waals surface area contributed by atoms with Gasteiger partial charge in [-0.05, 0) is 65.0 Å². The van der Waals surface area contributed by atoms with E-state index < -0.39 is 0 Å². The third kappa shape index (κ3) is 3.95. The number of benzene rings is 1.